The minimum Gasteiger partial charge on any atom is -0.459 e. The van der Waals surface area contributed by atoms with Crippen molar-refractivity contribution in [2.24, 2.45) is 0 Å². The summed E-state index contributed by atoms with van der Waals surface area (Å²) in [6, 6.07) is 5.00. The summed E-state index contributed by atoms with van der Waals surface area (Å²) in [5.41, 5.74) is -0.653. The molecule has 1 N–H and O–H groups in total. The molecule has 1 heterocycles. The average Bonchev–Trinajstić information content (AvgIpc) is 2.52. The van der Waals surface area contributed by atoms with Gasteiger partial charge in [-0.25, -0.2) is 4.79 Å². The fraction of sp³-hybridized carbons (Fsp3) is 0.444. The molecule has 1 aliphatic rings. The molecule has 2 rings (SSSR count). The van der Waals surface area contributed by atoms with Crippen molar-refractivity contribution in [2.45, 2.75) is 51.8 Å². The standard InChI is InChI=1S/C18H20F3NO3/c1-4-10(2)25-17(24)16-11(3)22-15(23)9-13(16)12-7-5-6-8-14(12)18(19,20)21/h5-8,10,13H,4,9H2,1-3H3,(H,22,23)/t10-,13+/m1/s1. The van der Waals surface area contributed by atoms with E-state index < -0.39 is 29.5 Å². The second kappa shape index (κ2) is 7.29. The van der Waals surface area contributed by atoms with Crippen LogP contribution < -0.4 is 5.32 Å². The van der Waals surface area contributed by atoms with Gasteiger partial charge in [-0.05, 0) is 31.9 Å². The van der Waals surface area contributed by atoms with Crippen LogP contribution in [0.4, 0.5) is 13.2 Å². The lowest BCUT2D eigenvalue weighted by Gasteiger charge is -2.29. The topological polar surface area (TPSA) is 55.4 Å². The Labute approximate surface area is 144 Å². The Hall–Kier alpha value is -2.31. The number of halogens is 3. The summed E-state index contributed by atoms with van der Waals surface area (Å²) in [6.45, 7) is 5.03. The van der Waals surface area contributed by atoms with E-state index in [1.807, 2.05) is 6.92 Å². The van der Waals surface area contributed by atoms with E-state index in [2.05, 4.69) is 5.32 Å². The van der Waals surface area contributed by atoms with E-state index in [-0.39, 0.29) is 29.4 Å². The molecule has 2 atom stereocenters. The third-order valence-electron chi connectivity index (χ3n) is 4.21. The van der Waals surface area contributed by atoms with E-state index >= 15 is 0 Å². The second-order valence-electron chi connectivity index (χ2n) is 6.05. The van der Waals surface area contributed by atoms with Gasteiger partial charge in [0.05, 0.1) is 17.2 Å². The highest BCUT2D eigenvalue weighted by Crippen LogP contribution is 2.41. The van der Waals surface area contributed by atoms with Crippen molar-refractivity contribution in [1.82, 2.24) is 5.32 Å². The predicted octanol–water partition coefficient (Wildman–Crippen LogP) is 3.92. The minimum atomic E-state index is -4.58. The zero-order valence-corrected chi connectivity index (χ0v) is 14.2. The summed E-state index contributed by atoms with van der Waals surface area (Å²) < 4.78 is 45.4. The highest BCUT2D eigenvalue weighted by atomic mass is 19.4. The number of hydrogen-bond donors (Lipinski definition) is 1. The summed E-state index contributed by atoms with van der Waals surface area (Å²) in [4.78, 5) is 24.4. The van der Waals surface area contributed by atoms with Crippen LogP contribution in [0.15, 0.2) is 35.5 Å². The first kappa shape index (κ1) is 19.0. The van der Waals surface area contributed by atoms with Crippen LogP contribution in [0, 0.1) is 0 Å². The number of hydrogen-bond acceptors (Lipinski definition) is 3. The molecule has 4 nitrogen and oxygen atoms in total. The maximum Gasteiger partial charge on any atom is 0.416 e. The van der Waals surface area contributed by atoms with Gasteiger partial charge in [0, 0.05) is 18.0 Å². The number of benzene rings is 1. The van der Waals surface area contributed by atoms with Gasteiger partial charge in [0.25, 0.3) is 0 Å². The lowest BCUT2D eigenvalue weighted by atomic mass is 9.82. The van der Waals surface area contributed by atoms with Crippen LogP contribution in [0.1, 0.15) is 50.7 Å². The highest BCUT2D eigenvalue weighted by molar-refractivity contribution is 5.96. The molecule has 136 valence electrons. The fourth-order valence-electron chi connectivity index (χ4n) is 2.83. The van der Waals surface area contributed by atoms with E-state index in [0.717, 1.165) is 6.07 Å². The maximum atomic E-state index is 13.4. The van der Waals surface area contributed by atoms with Gasteiger partial charge in [-0.3, -0.25) is 4.79 Å². The van der Waals surface area contributed by atoms with Crippen molar-refractivity contribution in [3.05, 3.63) is 46.7 Å². The summed E-state index contributed by atoms with van der Waals surface area (Å²) in [5.74, 6) is -2.13. The molecule has 1 aromatic rings. The first-order valence-corrected chi connectivity index (χ1v) is 8.02. The Bertz CT molecular complexity index is 710. The van der Waals surface area contributed by atoms with Gasteiger partial charge in [0.15, 0.2) is 0 Å². The summed E-state index contributed by atoms with van der Waals surface area (Å²) in [5, 5.41) is 2.52. The molecule has 0 bridgehead atoms. The van der Waals surface area contributed by atoms with Crippen molar-refractivity contribution in [3.63, 3.8) is 0 Å². The van der Waals surface area contributed by atoms with Gasteiger partial charge in [0.2, 0.25) is 5.91 Å². The molecule has 1 aliphatic heterocycles. The Morgan fingerprint density at radius 3 is 2.60 bits per heavy atom. The molecule has 1 aromatic carbocycles. The van der Waals surface area contributed by atoms with Crippen LogP contribution >= 0.6 is 0 Å². The third-order valence-corrected chi connectivity index (χ3v) is 4.21. The zero-order chi connectivity index (χ0) is 18.8. The molecule has 0 fully saturated rings. The van der Waals surface area contributed by atoms with Crippen molar-refractivity contribution in [3.8, 4) is 0 Å². The largest absolute Gasteiger partial charge is 0.459 e. The van der Waals surface area contributed by atoms with Gasteiger partial charge in [-0.15, -0.1) is 0 Å². The number of nitrogens with one attached hydrogen (secondary N) is 1. The van der Waals surface area contributed by atoms with E-state index in [4.69, 9.17) is 4.74 Å². The third kappa shape index (κ3) is 4.21. The lowest BCUT2D eigenvalue weighted by molar-refractivity contribution is -0.145. The van der Waals surface area contributed by atoms with Gasteiger partial charge in [-0.1, -0.05) is 25.1 Å². The Kier molecular flexibility index (Phi) is 5.55. The van der Waals surface area contributed by atoms with Gasteiger partial charge < -0.3 is 10.1 Å². The lowest BCUT2D eigenvalue weighted by Crippen LogP contribution is -2.35. The van der Waals surface area contributed by atoms with Crippen molar-refractivity contribution >= 4 is 11.9 Å². The second-order valence-corrected chi connectivity index (χ2v) is 6.05. The molecule has 1 amide bonds. The van der Waals surface area contributed by atoms with Crippen LogP contribution in [0.5, 0.6) is 0 Å². The van der Waals surface area contributed by atoms with Crippen molar-refractivity contribution in [1.29, 1.82) is 0 Å². The number of allylic oxidation sites excluding steroid dienone is 1. The Morgan fingerprint density at radius 1 is 1.36 bits per heavy atom. The fourth-order valence-corrected chi connectivity index (χ4v) is 2.83. The number of ether oxygens (including phenoxy) is 1. The SMILES string of the molecule is CC[C@@H](C)OC(=O)C1=C(C)NC(=O)C[C@H]1c1ccccc1C(F)(F)F. The first-order valence-electron chi connectivity index (χ1n) is 8.02. The Balaban J connectivity index is 2.53. The molecular weight excluding hydrogens is 335 g/mol. The Morgan fingerprint density at radius 2 is 2.00 bits per heavy atom. The number of carbonyl (C=O) groups is 2. The summed E-state index contributed by atoms with van der Waals surface area (Å²) in [7, 11) is 0. The molecule has 25 heavy (non-hydrogen) atoms. The smallest absolute Gasteiger partial charge is 0.416 e. The van der Waals surface area contributed by atoms with Crippen LogP contribution in [0.3, 0.4) is 0 Å². The van der Waals surface area contributed by atoms with Gasteiger partial charge in [0.1, 0.15) is 0 Å². The summed E-state index contributed by atoms with van der Waals surface area (Å²) in [6.07, 6.45) is -4.61. The molecule has 0 saturated heterocycles. The molecule has 0 aromatic heterocycles. The van der Waals surface area contributed by atoms with E-state index in [1.54, 1.807) is 6.92 Å². The van der Waals surface area contributed by atoms with Crippen LogP contribution in [0.25, 0.3) is 0 Å². The normalized spacial score (nSPS) is 19.4. The molecular formula is C18H20F3NO3. The molecule has 7 heteroatoms. The quantitative estimate of drug-likeness (QED) is 0.833. The number of amides is 1. The van der Waals surface area contributed by atoms with Crippen molar-refractivity contribution < 1.29 is 27.5 Å². The maximum absolute atomic E-state index is 13.4. The first-order chi connectivity index (χ1) is 11.6. The molecule has 0 aliphatic carbocycles. The number of rotatable bonds is 4. The summed E-state index contributed by atoms with van der Waals surface area (Å²) >= 11 is 0. The number of carbonyl (C=O) groups excluding carboxylic acids is 2. The minimum absolute atomic E-state index is 0.0663. The van der Waals surface area contributed by atoms with Crippen molar-refractivity contribution in [2.75, 3.05) is 0 Å². The van der Waals surface area contributed by atoms with Gasteiger partial charge >= 0.3 is 12.1 Å². The van der Waals surface area contributed by atoms with E-state index in [1.165, 1.54) is 25.1 Å². The highest BCUT2D eigenvalue weighted by Gasteiger charge is 2.40. The number of alkyl halides is 3. The monoisotopic (exact) mass is 355 g/mol. The molecule has 0 saturated carbocycles. The number of esters is 1. The van der Waals surface area contributed by atoms with Gasteiger partial charge in [-0.2, -0.15) is 13.2 Å². The van der Waals surface area contributed by atoms with E-state index in [0.29, 0.717) is 6.42 Å². The molecule has 0 radical (unpaired) electrons. The van der Waals surface area contributed by atoms with Crippen LogP contribution in [0.2, 0.25) is 0 Å². The predicted molar refractivity (Wildman–Crippen MR) is 85.5 cm³/mol. The average molecular weight is 355 g/mol. The van der Waals surface area contributed by atoms with E-state index in [9.17, 15) is 22.8 Å². The molecule has 0 unspecified atom stereocenters. The zero-order valence-electron chi connectivity index (χ0n) is 14.2. The van der Waals surface area contributed by atoms with Crippen LogP contribution in [-0.4, -0.2) is 18.0 Å². The molecule has 0 spiro atoms. The van der Waals surface area contributed by atoms with Crippen LogP contribution in [-0.2, 0) is 20.5 Å².